The predicted octanol–water partition coefficient (Wildman–Crippen LogP) is 2.91. The first-order valence-corrected chi connectivity index (χ1v) is 7.64. The maximum absolute atomic E-state index is 12.3. The summed E-state index contributed by atoms with van der Waals surface area (Å²) in [6.45, 7) is 5.74. The summed E-state index contributed by atoms with van der Waals surface area (Å²) in [6, 6.07) is 11.3. The second kappa shape index (κ2) is 7.24. The summed E-state index contributed by atoms with van der Waals surface area (Å²) in [6.07, 6.45) is 3.52. The maximum atomic E-state index is 12.3. The summed E-state index contributed by atoms with van der Waals surface area (Å²) in [5.74, 6) is -0.232. The Morgan fingerprint density at radius 2 is 1.95 bits per heavy atom. The van der Waals surface area contributed by atoms with Crippen molar-refractivity contribution in [2.45, 2.75) is 32.3 Å². The fraction of sp³-hybridized carbons (Fsp3) is 0.444. The van der Waals surface area contributed by atoms with Crippen LogP contribution >= 0.6 is 0 Å². The second-order valence-electron chi connectivity index (χ2n) is 6.10. The Hall–Kier alpha value is -2.12. The van der Waals surface area contributed by atoms with Gasteiger partial charge in [0, 0.05) is 5.92 Å². The molecular weight excluding hydrogens is 276 g/mol. The number of rotatable bonds is 4. The standard InChI is InChI=1S/C18H22N2O2/c1-18(2,16-8-10-20-11-9-16)22-17(21)15(13-19)12-14-6-4-3-5-7-14/h3-7,12,16,20H,8-11H2,1-2H3/b15-12+. The lowest BCUT2D eigenvalue weighted by Crippen LogP contribution is -2.43. The van der Waals surface area contributed by atoms with Gasteiger partial charge in [-0.15, -0.1) is 0 Å². The highest BCUT2D eigenvalue weighted by molar-refractivity contribution is 5.98. The van der Waals surface area contributed by atoms with E-state index in [1.807, 2.05) is 50.2 Å². The fourth-order valence-electron chi connectivity index (χ4n) is 2.75. The molecule has 1 aliphatic heterocycles. The molecule has 0 aliphatic carbocycles. The van der Waals surface area contributed by atoms with Gasteiger partial charge in [0.15, 0.2) is 0 Å². The molecule has 1 heterocycles. The molecule has 1 fully saturated rings. The first-order chi connectivity index (χ1) is 10.5. The average molecular weight is 298 g/mol. The lowest BCUT2D eigenvalue weighted by molar-refractivity contribution is -0.157. The molecule has 0 radical (unpaired) electrons. The highest BCUT2D eigenvalue weighted by Gasteiger charge is 2.34. The minimum Gasteiger partial charge on any atom is -0.455 e. The monoisotopic (exact) mass is 298 g/mol. The number of hydrogen-bond donors (Lipinski definition) is 1. The van der Waals surface area contributed by atoms with Crippen LogP contribution in [0, 0.1) is 17.2 Å². The van der Waals surface area contributed by atoms with E-state index in [9.17, 15) is 10.1 Å². The molecule has 0 unspecified atom stereocenters. The Labute approximate surface area is 131 Å². The van der Waals surface area contributed by atoms with Gasteiger partial charge in [-0.25, -0.2) is 4.79 Å². The number of hydrogen-bond acceptors (Lipinski definition) is 4. The molecule has 116 valence electrons. The van der Waals surface area contributed by atoms with E-state index in [-0.39, 0.29) is 5.57 Å². The van der Waals surface area contributed by atoms with Crippen molar-refractivity contribution < 1.29 is 9.53 Å². The van der Waals surface area contributed by atoms with Gasteiger partial charge in [0.1, 0.15) is 17.2 Å². The molecule has 1 N–H and O–H groups in total. The van der Waals surface area contributed by atoms with Gasteiger partial charge >= 0.3 is 5.97 Å². The van der Waals surface area contributed by atoms with Gasteiger partial charge in [-0.2, -0.15) is 5.26 Å². The average Bonchev–Trinajstić information content (AvgIpc) is 2.54. The minimum absolute atomic E-state index is 0.0354. The van der Waals surface area contributed by atoms with E-state index < -0.39 is 11.6 Å². The van der Waals surface area contributed by atoms with Crippen LogP contribution in [0.25, 0.3) is 6.08 Å². The largest absolute Gasteiger partial charge is 0.455 e. The molecule has 0 aromatic heterocycles. The molecule has 0 spiro atoms. The van der Waals surface area contributed by atoms with Crippen molar-refractivity contribution >= 4 is 12.0 Å². The fourth-order valence-corrected chi connectivity index (χ4v) is 2.75. The summed E-state index contributed by atoms with van der Waals surface area (Å²) in [5, 5.41) is 12.5. The Bertz CT molecular complexity index is 579. The molecule has 1 saturated heterocycles. The molecule has 1 aromatic carbocycles. The van der Waals surface area contributed by atoms with E-state index in [1.165, 1.54) is 0 Å². The normalized spacial score (nSPS) is 16.9. The molecule has 4 nitrogen and oxygen atoms in total. The Morgan fingerprint density at radius 3 is 2.55 bits per heavy atom. The summed E-state index contributed by atoms with van der Waals surface area (Å²) in [7, 11) is 0. The van der Waals surface area contributed by atoms with E-state index in [2.05, 4.69) is 5.32 Å². The number of nitriles is 1. The third-order valence-electron chi connectivity index (χ3n) is 4.13. The van der Waals surface area contributed by atoms with Gasteiger partial charge in [0.2, 0.25) is 0 Å². The van der Waals surface area contributed by atoms with Crippen molar-refractivity contribution in [2.24, 2.45) is 5.92 Å². The summed E-state index contributed by atoms with van der Waals surface area (Å²) >= 11 is 0. The van der Waals surface area contributed by atoms with Crippen LogP contribution in [0.5, 0.6) is 0 Å². The van der Waals surface area contributed by atoms with Crippen molar-refractivity contribution in [1.82, 2.24) is 5.32 Å². The van der Waals surface area contributed by atoms with Crippen LogP contribution < -0.4 is 5.32 Å². The zero-order valence-electron chi connectivity index (χ0n) is 13.1. The van der Waals surface area contributed by atoms with E-state index in [4.69, 9.17) is 4.74 Å². The SMILES string of the molecule is CC(C)(OC(=O)/C(C#N)=C/c1ccccc1)C1CCNCC1. The number of nitrogens with one attached hydrogen (secondary N) is 1. The van der Waals surface area contributed by atoms with Gasteiger partial charge in [0.05, 0.1) is 0 Å². The highest BCUT2D eigenvalue weighted by atomic mass is 16.6. The summed E-state index contributed by atoms with van der Waals surface area (Å²) < 4.78 is 5.65. The molecule has 0 amide bonds. The van der Waals surface area contributed by atoms with E-state index in [0.29, 0.717) is 5.92 Å². The van der Waals surface area contributed by atoms with Crippen LogP contribution in [0.2, 0.25) is 0 Å². The predicted molar refractivity (Wildman–Crippen MR) is 85.8 cm³/mol. The summed E-state index contributed by atoms with van der Waals surface area (Å²) in [5.41, 5.74) is 0.287. The molecule has 0 bridgehead atoms. The Morgan fingerprint density at radius 1 is 1.32 bits per heavy atom. The first kappa shape index (κ1) is 16.3. The second-order valence-corrected chi connectivity index (χ2v) is 6.10. The lowest BCUT2D eigenvalue weighted by Gasteiger charge is -2.36. The van der Waals surface area contributed by atoms with Crippen LogP contribution in [0.3, 0.4) is 0 Å². The number of piperidine rings is 1. The van der Waals surface area contributed by atoms with Crippen molar-refractivity contribution in [3.63, 3.8) is 0 Å². The van der Waals surface area contributed by atoms with Crippen LogP contribution in [-0.4, -0.2) is 24.7 Å². The number of esters is 1. The molecule has 4 heteroatoms. The lowest BCUT2D eigenvalue weighted by atomic mass is 9.83. The molecule has 1 aliphatic rings. The minimum atomic E-state index is -0.564. The van der Waals surface area contributed by atoms with E-state index in [1.54, 1.807) is 6.08 Å². The van der Waals surface area contributed by atoms with Gasteiger partial charge in [-0.05, 0) is 51.4 Å². The van der Waals surface area contributed by atoms with Crippen molar-refractivity contribution in [1.29, 1.82) is 5.26 Å². The van der Waals surface area contributed by atoms with Crippen molar-refractivity contribution in [3.8, 4) is 6.07 Å². The zero-order valence-corrected chi connectivity index (χ0v) is 13.1. The van der Waals surface area contributed by atoms with Crippen molar-refractivity contribution in [2.75, 3.05) is 13.1 Å². The molecule has 1 aromatic rings. The third kappa shape index (κ3) is 4.19. The van der Waals surface area contributed by atoms with Crippen molar-refractivity contribution in [3.05, 3.63) is 41.5 Å². The third-order valence-corrected chi connectivity index (χ3v) is 4.13. The molecular formula is C18H22N2O2. The topological polar surface area (TPSA) is 62.1 Å². The Kier molecular flexibility index (Phi) is 5.35. The number of ether oxygens (including phenoxy) is 1. The number of carbonyl (C=O) groups excluding carboxylic acids is 1. The number of nitrogens with zero attached hydrogens (tertiary/aromatic N) is 1. The number of benzene rings is 1. The van der Waals surface area contributed by atoms with Crippen LogP contribution in [0.4, 0.5) is 0 Å². The summed E-state index contributed by atoms with van der Waals surface area (Å²) in [4.78, 5) is 12.3. The highest BCUT2D eigenvalue weighted by Crippen LogP contribution is 2.29. The smallest absolute Gasteiger partial charge is 0.349 e. The zero-order chi connectivity index (χ0) is 16.0. The first-order valence-electron chi connectivity index (χ1n) is 7.64. The molecule has 0 atom stereocenters. The van der Waals surface area contributed by atoms with Gasteiger partial charge in [-0.1, -0.05) is 30.3 Å². The van der Waals surface area contributed by atoms with E-state index >= 15 is 0 Å². The van der Waals surface area contributed by atoms with Gasteiger partial charge in [-0.3, -0.25) is 0 Å². The van der Waals surface area contributed by atoms with Gasteiger partial charge < -0.3 is 10.1 Å². The molecule has 0 saturated carbocycles. The quantitative estimate of drug-likeness (QED) is 0.527. The van der Waals surface area contributed by atoms with Crippen LogP contribution in [0.15, 0.2) is 35.9 Å². The van der Waals surface area contributed by atoms with Gasteiger partial charge in [0.25, 0.3) is 0 Å². The molecule has 22 heavy (non-hydrogen) atoms. The number of carbonyl (C=O) groups is 1. The van der Waals surface area contributed by atoms with Crippen LogP contribution in [-0.2, 0) is 9.53 Å². The molecule has 2 rings (SSSR count). The maximum Gasteiger partial charge on any atom is 0.349 e. The van der Waals surface area contributed by atoms with E-state index in [0.717, 1.165) is 31.5 Å². The Balaban J connectivity index is 2.09. The van der Waals surface area contributed by atoms with Crippen LogP contribution in [0.1, 0.15) is 32.3 Å².